The Labute approximate surface area is 179 Å². The second-order valence-corrected chi connectivity index (χ2v) is 7.00. The summed E-state index contributed by atoms with van der Waals surface area (Å²) < 4.78 is 10.6. The minimum atomic E-state index is -0.0461. The number of nitrogens with two attached hydrogens (primary N) is 1. The van der Waals surface area contributed by atoms with E-state index < -0.39 is 0 Å². The Hall–Kier alpha value is -1.96. The topological polar surface area (TPSA) is 68.9 Å². The van der Waals surface area contributed by atoms with Gasteiger partial charge in [0.05, 0.1) is 20.8 Å². The van der Waals surface area contributed by atoms with Crippen molar-refractivity contribution in [3.63, 3.8) is 0 Å². The van der Waals surface area contributed by atoms with Gasteiger partial charge in [0, 0.05) is 12.0 Å². The van der Waals surface area contributed by atoms with Crippen molar-refractivity contribution in [2.75, 3.05) is 20.8 Å². The molecule has 0 heterocycles. The van der Waals surface area contributed by atoms with E-state index in [0.717, 1.165) is 5.56 Å². The highest BCUT2D eigenvalue weighted by molar-refractivity contribution is 14.0. The predicted molar refractivity (Wildman–Crippen MR) is 122 cm³/mol. The highest BCUT2D eigenvalue weighted by Crippen LogP contribution is 2.27. The van der Waals surface area contributed by atoms with Crippen LogP contribution in [0.2, 0.25) is 0 Å². The van der Waals surface area contributed by atoms with Crippen molar-refractivity contribution in [3.8, 4) is 11.5 Å². The van der Waals surface area contributed by atoms with Crippen LogP contribution in [0.15, 0.2) is 47.5 Å². The number of benzene rings is 2. The molecule has 148 valence electrons. The van der Waals surface area contributed by atoms with Crippen molar-refractivity contribution in [1.29, 1.82) is 0 Å². The molecule has 0 saturated carbocycles. The zero-order valence-electron chi connectivity index (χ0n) is 16.7. The minimum Gasteiger partial charge on any atom is -0.493 e. The molecule has 6 heteroatoms. The third kappa shape index (κ3) is 6.61. The number of nitrogens with zero attached hydrogens (tertiary/aromatic N) is 1. The lowest BCUT2D eigenvalue weighted by molar-refractivity contribution is 0.354. The maximum atomic E-state index is 6.05. The van der Waals surface area contributed by atoms with Crippen molar-refractivity contribution < 1.29 is 9.47 Å². The molecule has 2 rings (SSSR count). The first-order valence-corrected chi connectivity index (χ1v) is 8.67. The number of hydrogen-bond donors (Lipinski definition) is 2. The standard InChI is InChI=1S/C21H29N3O2.HI/c1-15-7-6-8-17(11-15)21(2,3)14-24-20(22)23-13-16-9-10-18(25-4)19(12-16)26-5;/h6-12H,13-14H2,1-5H3,(H3,22,23,24);1H. The molecule has 0 bridgehead atoms. The second-order valence-electron chi connectivity index (χ2n) is 7.00. The molecule has 0 amide bonds. The summed E-state index contributed by atoms with van der Waals surface area (Å²) in [6.45, 7) is 7.67. The van der Waals surface area contributed by atoms with Crippen LogP contribution in [0.4, 0.5) is 0 Å². The smallest absolute Gasteiger partial charge is 0.188 e. The normalized spacial score (nSPS) is 11.5. The molecule has 0 spiro atoms. The molecule has 2 aromatic rings. The first-order chi connectivity index (χ1) is 12.4. The summed E-state index contributed by atoms with van der Waals surface area (Å²) in [5.41, 5.74) is 9.54. The number of aryl methyl sites for hydroxylation is 1. The van der Waals surface area contributed by atoms with Gasteiger partial charge in [0.1, 0.15) is 0 Å². The number of aliphatic imine (C=N–C) groups is 1. The quantitative estimate of drug-likeness (QED) is 0.355. The molecule has 0 fully saturated rings. The summed E-state index contributed by atoms with van der Waals surface area (Å²) in [5.74, 6) is 1.82. The molecule has 0 aliphatic rings. The molecule has 0 aliphatic carbocycles. The molecule has 5 nitrogen and oxygen atoms in total. The number of guanidine groups is 1. The van der Waals surface area contributed by atoms with Gasteiger partial charge in [0.15, 0.2) is 17.5 Å². The van der Waals surface area contributed by atoms with E-state index in [-0.39, 0.29) is 29.4 Å². The largest absolute Gasteiger partial charge is 0.493 e. The summed E-state index contributed by atoms with van der Waals surface area (Å²) in [6, 6.07) is 14.3. The second kappa shape index (κ2) is 10.4. The van der Waals surface area contributed by atoms with Crippen LogP contribution in [0.1, 0.15) is 30.5 Å². The van der Waals surface area contributed by atoms with E-state index >= 15 is 0 Å². The summed E-state index contributed by atoms with van der Waals surface area (Å²) in [5, 5.41) is 3.23. The lowest BCUT2D eigenvalue weighted by atomic mass is 9.84. The number of ether oxygens (including phenoxy) is 2. The fraction of sp³-hybridized carbons (Fsp3) is 0.381. The van der Waals surface area contributed by atoms with E-state index in [1.807, 2.05) is 18.2 Å². The van der Waals surface area contributed by atoms with Crippen molar-refractivity contribution in [3.05, 3.63) is 59.2 Å². The lowest BCUT2D eigenvalue weighted by Crippen LogP contribution is -2.40. The third-order valence-electron chi connectivity index (χ3n) is 4.39. The highest BCUT2D eigenvalue weighted by atomic mass is 127. The number of nitrogens with one attached hydrogen (secondary N) is 1. The molecule has 2 aromatic carbocycles. The van der Waals surface area contributed by atoms with Gasteiger partial charge < -0.3 is 20.5 Å². The van der Waals surface area contributed by atoms with Gasteiger partial charge in [-0.3, -0.25) is 0 Å². The Morgan fingerprint density at radius 2 is 1.78 bits per heavy atom. The molecule has 0 unspecified atom stereocenters. The van der Waals surface area contributed by atoms with Gasteiger partial charge in [-0.1, -0.05) is 49.7 Å². The van der Waals surface area contributed by atoms with E-state index in [1.165, 1.54) is 11.1 Å². The van der Waals surface area contributed by atoms with Crippen molar-refractivity contribution in [1.82, 2.24) is 5.32 Å². The maximum Gasteiger partial charge on any atom is 0.188 e. The Kier molecular flexibility index (Phi) is 8.88. The predicted octanol–water partition coefficient (Wildman–Crippen LogP) is 4.01. The Balaban J connectivity index is 0.00000364. The highest BCUT2D eigenvalue weighted by Gasteiger charge is 2.20. The van der Waals surface area contributed by atoms with E-state index in [0.29, 0.717) is 30.5 Å². The van der Waals surface area contributed by atoms with Crippen LogP contribution >= 0.6 is 24.0 Å². The number of methoxy groups -OCH3 is 2. The minimum absolute atomic E-state index is 0. The molecular formula is C21H30IN3O2. The van der Waals surface area contributed by atoms with Gasteiger partial charge in [0.25, 0.3) is 0 Å². The van der Waals surface area contributed by atoms with Crippen molar-refractivity contribution in [2.45, 2.75) is 32.7 Å². The van der Waals surface area contributed by atoms with Gasteiger partial charge in [0.2, 0.25) is 0 Å². The Bertz CT molecular complexity index is 776. The van der Waals surface area contributed by atoms with Crippen LogP contribution in [0.5, 0.6) is 11.5 Å². The molecule has 0 atom stereocenters. The molecular weight excluding hydrogens is 453 g/mol. The average Bonchev–Trinajstić information content (AvgIpc) is 2.64. The Morgan fingerprint density at radius 1 is 1.07 bits per heavy atom. The van der Waals surface area contributed by atoms with Gasteiger partial charge >= 0.3 is 0 Å². The van der Waals surface area contributed by atoms with Crippen molar-refractivity contribution in [2.24, 2.45) is 10.7 Å². The van der Waals surface area contributed by atoms with E-state index in [9.17, 15) is 0 Å². The van der Waals surface area contributed by atoms with Crippen LogP contribution < -0.4 is 20.5 Å². The zero-order chi connectivity index (χ0) is 19.2. The first-order valence-electron chi connectivity index (χ1n) is 8.67. The van der Waals surface area contributed by atoms with Gasteiger partial charge in [-0.05, 0) is 30.2 Å². The van der Waals surface area contributed by atoms with Crippen LogP contribution in [0.25, 0.3) is 0 Å². The summed E-state index contributed by atoms with van der Waals surface area (Å²) in [6.07, 6.45) is 0. The molecule has 0 aromatic heterocycles. The SMILES string of the molecule is COc1ccc(CN=C(N)NCC(C)(C)c2cccc(C)c2)cc1OC.I. The van der Waals surface area contributed by atoms with Gasteiger partial charge in [-0.25, -0.2) is 4.99 Å². The zero-order valence-corrected chi connectivity index (χ0v) is 19.0. The van der Waals surface area contributed by atoms with Crippen LogP contribution in [-0.2, 0) is 12.0 Å². The fourth-order valence-corrected chi connectivity index (χ4v) is 2.69. The van der Waals surface area contributed by atoms with Crippen molar-refractivity contribution >= 4 is 29.9 Å². The lowest BCUT2D eigenvalue weighted by Gasteiger charge is -2.26. The number of hydrogen-bond acceptors (Lipinski definition) is 3. The number of rotatable bonds is 7. The van der Waals surface area contributed by atoms with E-state index in [2.05, 4.69) is 55.3 Å². The van der Waals surface area contributed by atoms with Crippen LogP contribution in [0.3, 0.4) is 0 Å². The molecule has 0 aliphatic heterocycles. The summed E-state index contributed by atoms with van der Waals surface area (Å²) in [4.78, 5) is 4.43. The van der Waals surface area contributed by atoms with Crippen LogP contribution in [-0.4, -0.2) is 26.7 Å². The first kappa shape index (κ1) is 23.1. The Morgan fingerprint density at radius 3 is 2.41 bits per heavy atom. The molecule has 3 N–H and O–H groups in total. The summed E-state index contributed by atoms with van der Waals surface area (Å²) in [7, 11) is 3.24. The summed E-state index contributed by atoms with van der Waals surface area (Å²) >= 11 is 0. The van der Waals surface area contributed by atoms with E-state index in [1.54, 1.807) is 14.2 Å². The van der Waals surface area contributed by atoms with Gasteiger partial charge in [-0.2, -0.15) is 0 Å². The molecule has 0 radical (unpaired) electrons. The maximum absolute atomic E-state index is 6.05. The van der Waals surface area contributed by atoms with Crippen LogP contribution in [0, 0.1) is 6.92 Å². The number of halogens is 1. The third-order valence-corrected chi connectivity index (χ3v) is 4.39. The monoisotopic (exact) mass is 483 g/mol. The molecule has 27 heavy (non-hydrogen) atoms. The fourth-order valence-electron chi connectivity index (χ4n) is 2.69. The molecule has 0 saturated heterocycles. The van der Waals surface area contributed by atoms with Gasteiger partial charge in [-0.15, -0.1) is 24.0 Å². The average molecular weight is 483 g/mol. The van der Waals surface area contributed by atoms with E-state index in [4.69, 9.17) is 15.2 Å².